The summed E-state index contributed by atoms with van der Waals surface area (Å²) in [5, 5.41) is 28.1. The van der Waals surface area contributed by atoms with Crippen LogP contribution in [0.4, 0.5) is 0 Å². The maximum atomic E-state index is 9.59. The number of azo groups is 1. The molecule has 4 nitrogen and oxygen atoms in total. The van der Waals surface area contributed by atoms with Crippen molar-refractivity contribution in [1.29, 1.82) is 10.5 Å². The van der Waals surface area contributed by atoms with Gasteiger partial charge in [-0.1, -0.05) is 27.7 Å². The minimum Gasteiger partial charge on any atom is -0.196 e. The van der Waals surface area contributed by atoms with E-state index in [0.717, 1.165) is 51.4 Å². The van der Waals surface area contributed by atoms with Gasteiger partial charge in [0.1, 0.15) is 0 Å². The molecule has 2 saturated carbocycles. The lowest BCUT2D eigenvalue weighted by Gasteiger charge is -2.38. The van der Waals surface area contributed by atoms with Crippen molar-refractivity contribution >= 4 is 0 Å². The zero-order valence-electron chi connectivity index (χ0n) is 14.4. The molecule has 0 unspecified atom stereocenters. The molecular formula is C18H28N4. The molecule has 2 aliphatic rings. The fourth-order valence-corrected chi connectivity index (χ4v) is 3.34. The molecule has 4 heteroatoms. The third kappa shape index (κ3) is 3.67. The molecule has 120 valence electrons. The second-order valence-electron chi connectivity index (χ2n) is 8.82. The van der Waals surface area contributed by atoms with Crippen LogP contribution in [-0.2, 0) is 0 Å². The summed E-state index contributed by atoms with van der Waals surface area (Å²) in [5.41, 5.74) is -0.825. The molecule has 0 aromatic carbocycles. The average molecular weight is 300 g/mol. The van der Waals surface area contributed by atoms with E-state index in [1.807, 2.05) is 0 Å². The fraction of sp³-hybridized carbons (Fsp3) is 0.889. The van der Waals surface area contributed by atoms with Gasteiger partial charge in [-0.15, -0.1) is 0 Å². The summed E-state index contributed by atoms with van der Waals surface area (Å²) < 4.78 is 0. The van der Waals surface area contributed by atoms with Gasteiger partial charge in [-0.05, 0) is 62.2 Å². The zero-order chi connectivity index (χ0) is 16.5. The first-order chi connectivity index (χ1) is 10.2. The van der Waals surface area contributed by atoms with Crippen molar-refractivity contribution in [1.82, 2.24) is 0 Å². The molecule has 0 saturated heterocycles. The highest BCUT2D eigenvalue weighted by molar-refractivity contribution is 5.13. The van der Waals surface area contributed by atoms with Crippen LogP contribution in [0.3, 0.4) is 0 Å². The first-order valence-electron chi connectivity index (χ1n) is 8.42. The van der Waals surface area contributed by atoms with E-state index in [0.29, 0.717) is 0 Å². The largest absolute Gasteiger partial charge is 0.196 e. The van der Waals surface area contributed by atoms with Crippen molar-refractivity contribution in [2.24, 2.45) is 21.1 Å². The Morgan fingerprint density at radius 1 is 0.591 bits per heavy atom. The Morgan fingerprint density at radius 2 is 0.864 bits per heavy atom. The number of rotatable bonds is 2. The Bertz CT molecular complexity index is 462. The van der Waals surface area contributed by atoms with Gasteiger partial charge in [-0.2, -0.15) is 20.8 Å². The number of nitriles is 2. The summed E-state index contributed by atoms with van der Waals surface area (Å²) in [6, 6.07) is 4.77. The molecule has 0 heterocycles. The van der Waals surface area contributed by atoms with E-state index >= 15 is 0 Å². The maximum Gasteiger partial charge on any atom is 0.167 e. The summed E-state index contributed by atoms with van der Waals surface area (Å²) in [6.45, 7) is 8.97. The molecule has 0 aromatic rings. The van der Waals surface area contributed by atoms with Crippen LogP contribution in [0.5, 0.6) is 0 Å². The molecule has 0 amide bonds. The summed E-state index contributed by atoms with van der Waals surface area (Å²) in [7, 11) is 0. The minimum absolute atomic E-state index is 0.289. The van der Waals surface area contributed by atoms with Gasteiger partial charge in [0.05, 0.1) is 12.1 Å². The van der Waals surface area contributed by atoms with Gasteiger partial charge in [-0.25, -0.2) is 0 Å². The van der Waals surface area contributed by atoms with Gasteiger partial charge in [0.25, 0.3) is 0 Å². The summed E-state index contributed by atoms with van der Waals surface area (Å²) in [6.07, 6.45) is 7.00. The van der Waals surface area contributed by atoms with Crippen LogP contribution in [0.1, 0.15) is 79.1 Å². The van der Waals surface area contributed by atoms with Gasteiger partial charge >= 0.3 is 0 Å². The Morgan fingerprint density at radius 3 is 1.09 bits per heavy atom. The van der Waals surface area contributed by atoms with Gasteiger partial charge in [0.2, 0.25) is 0 Å². The topological polar surface area (TPSA) is 72.3 Å². The minimum atomic E-state index is -0.702. The highest BCUT2D eigenvalue weighted by Crippen LogP contribution is 2.45. The highest BCUT2D eigenvalue weighted by Gasteiger charge is 2.42. The first kappa shape index (κ1) is 16.9. The van der Waals surface area contributed by atoms with E-state index in [1.54, 1.807) is 0 Å². The van der Waals surface area contributed by atoms with E-state index in [-0.39, 0.29) is 10.8 Å². The molecule has 0 aromatic heterocycles. The molecule has 2 aliphatic carbocycles. The lowest BCUT2D eigenvalue weighted by atomic mass is 9.70. The SMILES string of the molecule is CC1(C)CCC(C#N)(N=NC2(C#N)CCC(C)(C)CC2)CC1. The summed E-state index contributed by atoms with van der Waals surface area (Å²) in [5.74, 6) is 0. The fourth-order valence-electron chi connectivity index (χ4n) is 3.34. The smallest absolute Gasteiger partial charge is 0.167 e. The van der Waals surface area contributed by atoms with Gasteiger partial charge in [-0.3, -0.25) is 0 Å². The molecule has 22 heavy (non-hydrogen) atoms. The standard InChI is InChI=1S/C18H28N4/c1-15(2)5-9-17(13-19,10-6-15)21-22-18(14-20)11-7-16(3,4)8-12-18/h5-12H2,1-4H3. The lowest BCUT2D eigenvalue weighted by molar-refractivity contribution is 0.173. The molecule has 0 N–H and O–H groups in total. The van der Waals surface area contributed by atoms with Gasteiger partial charge in [0.15, 0.2) is 11.1 Å². The van der Waals surface area contributed by atoms with Crippen LogP contribution >= 0.6 is 0 Å². The lowest BCUT2D eigenvalue weighted by Crippen LogP contribution is -2.37. The molecule has 0 aliphatic heterocycles. The monoisotopic (exact) mass is 300 g/mol. The molecule has 2 fully saturated rings. The average Bonchev–Trinajstić information content (AvgIpc) is 2.49. The Kier molecular flexibility index (Phi) is 4.35. The molecule has 0 radical (unpaired) electrons. The second kappa shape index (κ2) is 5.65. The summed E-state index contributed by atoms with van der Waals surface area (Å²) in [4.78, 5) is 0. The normalized spacial score (nSPS) is 28.6. The van der Waals surface area contributed by atoms with Crippen molar-refractivity contribution in [3.8, 4) is 12.1 Å². The van der Waals surface area contributed by atoms with E-state index in [2.05, 4.69) is 50.1 Å². The van der Waals surface area contributed by atoms with Crippen molar-refractivity contribution in [3.05, 3.63) is 0 Å². The number of hydrogen-bond acceptors (Lipinski definition) is 4. The van der Waals surface area contributed by atoms with Crippen LogP contribution in [-0.4, -0.2) is 11.1 Å². The van der Waals surface area contributed by atoms with Crippen LogP contribution in [0.15, 0.2) is 10.2 Å². The van der Waals surface area contributed by atoms with Crippen molar-refractivity contribution in [2.45, 2.75) is 90.1 Å². The Labute approximate surface area is 134 Å². The number of nitrogens with zero attached hydrogens (tertiary/aromatic N) is 4. The summed E-state index contributed by atoms with van der Waals surface area (Å²) >= 11 is 0. The van der Waals surface area contributed by atoms with Crippen LogP contribution < -0.4 is 0 Å². The quantitative estimate of drug-likeness (QED) is 0.660. The van der Waals surface area contributed by atoms with E-state index in [1.165, 1.54) is 0 Å². The molecule has 0 atom stereocenters. The predicted octanol–water partition coefficient (Wildman–Crippen LogP) is 5.16. The van der Waals surface area contributed by atoms with Crippen LogP contribution in [0.2, 0.25) is 0 Å². The van der Waals surface area contributed by atoms with Crippen LogP contribution in [0.25, 0.3) is 0 Å². The molecule has 0 bridgehead atoms. The zero-order valence-corrected chi connectivity index (χ0v) is 14.4. The van der Waals surface area contributed by atoms with E-state index in [9.17, 15) is 10.5 Å². The first-order valence-corrected chi connectivity index (χ1v) is 8.42. The second-order valence-corrected chi connectivity index (χ2v) is 8.82. The Balaban J connectivity index is 2.12. The molecule has 0 spiro atoms. The van der Waals surface area contributed by atoms with E-state index < -0.39 is 11.1 Å². The van der Waals surface area contributed by atoms with Crippen molar-refractivity contribution < 1.29 is 0 Å². The van der Waals surface area contributed by atoms with E-state index in [4.69, 9.17) is 0 Å². The van der Waals surface area contributed by atoms with Gasteiger partial charge in [0, 0.05) is 0 Å². The predicted molar refractivity (Wildman–Crippen MR) is 86.0 cm³/mol. The maximum absolute atomic E-state index is 9.59. The van der Waals surface area contributed by atoms with Gasteiger partial charge < -0.3 is 0 Å². The number of hydrogen-bond donors (Lipinski definition) is 0. The highest BCUT2D eigenvalue weighted by atomic mass is 15.2. The third-order valence-electron chi connectivity index (χ3n) is 5.71. The third-order valence-corrected chi connectivity index (χ3v) is 5.71. The Hall–Kier alpha value is -1.42. The molecular weight excluding hydrogens is 272 g/mol. The molecule has 2 rings (SSSR count). The van der Waals surface area contributed by atoms with Crippen molar-refractivity contribution in [3.63, 3.8) is 0 Å². The van der Waals surface area contributed by atoms with Crippen molar-refractivity contribution in [2.75, 3.05) is 0 Å². The van der Waals surface area contributed by atoms with Crippen LogP contribution in [0, 0.1) is 33.5 Å².